The number of nitrogens with zero attached hydrogens (tertiary/aromatic N) is 1. The maximum atomic E-state index is 5.81. The first-order valence-electron chi connectivity index (χ1n) is 5.83. The topological polar surface area (TPSA) is 26.0 Å². The van der Waals surface area contributed by atoms with Gasteiger partial charge in [-0.2, -0.15) is 0 Å². The van der Waals surface area contributed by atoms with Crippen LogP contribution in [0.25, 0.3) is 11.3 Å². The van der Waals surface area contributed by atoms with E-state index >= 15 is 0 Å². The highest BCUT2D eigenvalue weighted by Gasteiger charge is 2.17. The van der Waals surface area contributed by atoms with Crippen LogP contribution in [0.1, 0.15) is 31.4 Å². The minimum Gasteiger partial charge on any atom is -0.440 e. The van der Waals surface area contributed by atoms with Crippen LogP contribution in [0, 0.1) is 0 Å². The molecule has 0 spiro atoms. The SMILES string of the molecule is CC(C)c1nc(CCCl)oc1-c1ccccc1. The van der Waals surface area contributed by atoms with Crippen LogP contribution in [0.2, 0.25) is 0 Å². The minimum atomic E-state index is 0.345. The van der Waals surface area contributed by atoms with Gasteiger partial charge in [0.15, 0.2) is 11.7 Å². The molecule has 0 atom stereocenters. The number of aromatic nitrogens is 1. The first-order chi connectivity index (χ1) is 8.22. The molecule has 0 saturated carbocycles. The van der Waals surface area contributed by atoms with Crippen LogP contribution in [0.5, 0.6) is 0 Å². The standard InChI is InChI=1S/C14H16ClNO/c1-10(2)13-14(11-6-4-3-5-7-11)17-12(16-13)8-9-15/h3-7,10H,8-9H2,1-2H3. The summed E-state index contributed by atoms with van der Waals surface area (Å²) in [6.45, 7) is 4.24. The Morgan fingerprint density at radius 1 is 1.24 bits per heavy atom. The highest BCUT2D eigenvalue weighted by Crippen LogP contribution is 2.29. The average Bonchev–Trinajstić information content (AvgIpc) is 2.75. The van der Waals surface area contributed by atoms with Crippen LogP contribution < -0.4 is 0 Å². The van der Waals surface area contributed by atoms with Gasteiger partial charge in [-0.05, 0) is 5.92 Å². The largest absolute Gasteiger partial charge is 0.440 e. The minimum absolute atomic E-state index is 0.345. The molecule has 3 heteroatoms. The highest BCUT2D eigenvalue weighted by molar-refractivity contribution is 6.17. The highest BCUT2D eigenvalue weighted by atomic mass is 35.5. The maximum absolute atomic E-state index is 5.81. The Hall–Kier alpha value is -1.28. The Labute approximate surface area is 107 Å². The molecular formula is C14H16ClNO. The van der Waals surface area contributed by atoms with Gasteiger partial charge in [-0.3, -0.25) is 0 Å². The molecule has 2 rings (SSSR count). The van der Waals surface area contributed by atoms with Gasteiger partial charge >= 0.3 is 0 Å². The lowest BCUT2D eigenvalue weighted by Gasteiger charge is -2.03. The number of rotatable bonds is 4. The number of oxazole rings is 1. The molecule has 2 aromatic rings. The summed E-state index contributed by atoms with van der Waals surface area (Å²) < 4.78 is 5.81. The van der Waals surface area contributed by atoms with Crippen molar-refractivity contribution in [2.45, 2.75) is 26.2 Å². The van der Waals surface area contributed by atoms with Gasteiger partial charge in [0, 0.05) is 17.9 Å². The molecule has 0 aliphatic carbocycles. The Kier molecular flexibility index (Phi) is 3.85. The van der Waals surface area contributed by atoms with Crippen LogP contribution >= 0.6 is 11.6 Å². The van der Waals surface area contributed by atoms with E-state index < -0.39 is 0 Å². The van der Waals surface area contributed by atoms with Crippen molar-refractivity contribution in [3.05, 3.63) is 41.9 Å². The first kappa shape index (κ1) is 12.2. The molecule has 0 saturated heterocycles. The second-order valence-electron chi connectivity index (χ2n) is 4.28. The third-order valence-electron chi connectivity index (χ3n) is 2.59. The van der Waals surface area contributed by atoms with Gasteiger partial charge in [0.1, 0.15) is 0 Å². The van der Waals surface area contributed by atoms with E-state index in [1.807, 2.05) is 30.3 Å². The van der Waals surface area contributed by atoms with Crippen molar-refractivity contribution in [2.75, 3.05) is 5.88 Å². The van der Waals surface area contributed by atoms with Crippen molar-refractivity contribution >= 4 is 11.6 Å². The van der Waals surface area contributed by atoms with Crippen LogP contribution in [-0.4, -0.2) is 10.9 Å². The molecule has 0 N–H and O–H groups in total. The zero-order valence-electron chi connectivity index (χ0n) is 10.1. The lowest BCUT2D eigenvalue weighted by Crippen LogP contribution is -1.92. The molecule has 1 heterocycles. The molecule has 0 unspecified atom stereocenters. The van der Waals surface area contributed by atoms with Gasteiger partial charge in [-0.1, -0.05) is 44.2 Å². The van der Waals surface area contributed by atoms with Gasteiger partial charge in [-0.25, -0.2) is 4.98 Å². The maximum Gasteiger partial charge on any atom is 0.196 e. The molecule has 90 valence electrons. The normalized spacial score (nSPS) is 11.1. The summed E-state index contributed by atoms with van der Waals surface area (Å²) in [7, 11) is 0. The summed E-state index contributed by atoms with van der Waals surface area (Å²) in [5, 5.41) is 0. The van der Waals surface area contributed by atoms with E-state index in [0.717, 1.165) is 22.9 Å². The molecule has 0 amide bonds. The summed E-state index contributed by atoms with van der Waals surface area (Å²) in [5.74, 6) is 2.48. The van der Waals surface area contributed by atoms with Crippen LogP contribution in [0.15, 0.2) is 34.7 Å². The van der Waals surface area contributed by atoms with E-state index in [2.05, 4.69) is 18.8 Å². The number of hydrogen-bond donors (Lipinski definition) is 0. The van der Waals surface area contributed by atoms with Crippen molar-refractivity contribution < 1.29 is 4.42 Å². The van der Waals surface area contributed by atoms with E-state index in [4.69, 9.17) is 16.0 Å². The number of hydrogen-bond acceptors (Lipinski definition) is 2. The van der Waals surface area contributed by atoms with E-state index in [9.17, 15) is 0 Å². The van der Waals surface area contributed by atoms with Gasteiger partial charge in [0.05, 0.1) is 5.69 Å². The van der Waals surface area contributed by atoms with Gasteiger partial charge in [0.25, 0.3) is 0 Å². The Bertz CT molecular complexity index is 476. The molecule has 0 aliphatic heterocycles. The van der Waals surface area contributed by atoms with Gasteiger partial charge in [0.2, 0.25) is 0 Å². The summed E-state index contributed by atoms with van der Waals surface area (Å²) in [5.41, 5.74) is 2.08. The van der Waals surface area contributed by atoms with Crippen molar-refractivity contribution in [3.63, 3.8) is 0 Å². The molecule has 0 bridgehead atoms. The molecule has 0 radical (unpaired) electrons. The molecule has 0 fully saturated rings. The van der Waals surface area contributed by atoms with Crippen LogP contribution in [0.3, 0.4) is 0 Å². The Morgan fingerprint density at radius 2 is 1.94 bits per heavy atom. The van der Waals surface area contributed by atoms with Crippen molar-refractivity contribution in [1.82, 2.24) is 4.98 Å². The third kappa shape index (κ3) is 2.70. The van der Waals surface area contributed by atoms with Crippen LogP contribution in [-0.2, 0) is 6.42 Å². The molecule has 2 nitrogen and oxygen atoms in total. The van der Waals surface area contributed by atoms with E-state index in [-0.39, 0.29) is 0 Å². The monoisotopic (exact) mass is 249 g/mol. The summed E-state index contributed by atoms with van der Waals surface area (Å²) in [6.07, 6.45) is 0.675. The lowest BCUT2D eigenvalue weighted by atomic mass is 10.0. The predicted molar refractivity (Wildman–Crippen MR) is 70.5 cm³/mol. The fraction of sp³-hybridized carbons (Fsp3) is 0.357. The second-order valence-corrected chi connectivity index (χ2v) is 4.66. The third-order valence-corrected chi connectivity index (χ3v) is 2.78. The molecular weight excluding hydrogens is 234 g/mol. The fourth-order valence-corrected chi connectivity index (χ4v) is 1.92. The first-order valence-corrected chi connectivity index (χ1v) is 6.36. The Morgan fingerprint density at radius 3 is 2.53 bits per heavy atom. The molecule has 0 aliphatic rings. The van der Waals surface area contributed by atoms with Crippen molar-refractivity contribution in [2.24, 2.45) is 0 Å². The van der Waals surface area contributed by atoms with E-state index in [1.165, 1.54) is 0 Å². The number of aryl methyl sites for hydroxylation is 1. The molecule has 17 heavy (non-hydrogen) atoms. The molecule has 1 aromatic carbocycles. The second kappa shape index (κ2) is 5.37. The molecule has 1 aromatic heterocycles. The zero-order chi connectivity index (χ0) is 12.3. The van der Waals surface area contributed by atoms with E-state index in [0.29, 0.717) is 18.2 Å². The van der Waals surface area contributed by atoms with Gasteiger partial charge < -0.3 is 4.42 Å². The smallest absolute Gasteiger partial charge is 0.196 e. The summed E-state index contributed by atoms with van der Waals surface area (Å²) >= 11 is 5.72. The number of alkyl halides is 1. The zero-order valence-corrected chi connectivity index (χ0v) is 10.9. The predicted octanol–water partition coefficient (Wildman–Crippen LogP) is 4.25. The van der Waals surface area contributed by atoms with Crippen molar-refractivity contribution in [3.8, 4) is 11.3 Å². The van der Waals surface area contributed by atoms with Crippen LogP contribution in [0.4, 0.5) is 0 Å². The fourth-order valence-electron chi connectivity index (χ4n) is 1.75. The van der Waals surface area contributed by atoms with E-state index in [1.54, 1.807) is 0 Å². The average molecular weight is 250 g/mol. The van der Waals surface area contributed by atoms with Crippen molar-refractivity contribution in [1.29, 1.82) is 0 Å². The summed E-state index contributed by atoms with van der Waals surface area (Å²) in [6, 6.07) is 10.1. The number of benzene rings is 1. The quantitative estimate of drug-likeness (QED) is 0.758. The lowest BCUT2D eigenvalue weighted by molar-refractivity contribution is 0.514. The summed E-state index contributed by atoms with van der Waals surface area (Å²) in [4.78, 5) is 4.52. The number of halogens is 1. The van der Waals surface area contributed by atoms with Gasteiger partial charge in [-0.15, -0.1) is 11.6 Å². The Balaban J connectivity index is 2.44.